The van der Waals surface area contributed by atoms with Gasteiger partial charge in [0, 0.05) is 19.4 Å². The zero-order valence-electron chi connectivity index (χ0n) is 11.7. The van der Waals surface area contributed by atoms with Gasteiger partial charge in [-0.3, -0.25) is 9.59 Å². The maximum Gasteiger partial charge on any atom is 0.222 e. The summed E-state index contributed by atoms with van der Waals surface area (Å²) < 4.78 is 0. The van der Waals surface area contributed by atoms with E-state index in [-0.39, 0.29) is 11.7 Å². The van der Waals surface area contributed by atoms with Gasteiger partial charge in [0.15, 0.2) is 5.78 Å². The molecule has 104 valence electrons. The molecule has 0 N–H and O–H groups in total. The highest BCUT2D eigenvalue weighted by Crippen LogP contribution is 2.12. The number of Topliss-reactive ketones (excluding diaryl/α,β-unsaturated/α-hetero) is 1. The molecular weight excluding hydrogens is 226 g/mol. The molecule has 1 saturated heterocycles. The second kappa shape index (κ2) is 9.12. The molecule has 0 saturated carbocycles. The molecule has 0 aromatic heterocycles. The van der Waals surface area contributed by atoms with Crippen molar-refractivity contribution in [3.05, 3.63) is 0 Å². The van der Waals surface area contributed by atoms with Gasteiger partial charge in [0.05, 0.1) is 6.54 Å². The summed E-state index contributed by atoms with van der Waals surface area (Å²) in [5.41, 5.74) is 0. The van der Waals surface area contributed by atoms with E-state index in [0.717, 1.165) is 25.8 Å². The minimum absolute atomic E-state index is 0.177. The maximum atomic E-state index is 11.9. The van der Waals surface area contributed by atoms with E-state index in [4.69, 9.17) is 0 Å². The van der Waals surface area contributed by atoms with Gasteiger partial charge >= 0.3 is 0 Å². The predicted molar refractivity (Wildman–Crippen MR) is 73.4 cm³/mol. The van der Waals surface area contributed by atoms with Gasteiger partial charge in [0.2, 0.25) is 5.91 Å². The molecule has 0 atom stereocenters. The van der Waals surface area contributed by atoms with E-state index in [9.17, 15) is 9.59 Å². The highest BCUT2D eigenvalue weighted by Gasteiger charge is 2.20. The Bertz CT molecular complexity index is 263. The van der Waals surface area contributed by atoms with Crippen LogP contribution in [0, 0.1) is 0 Å². The molecule has 0 spiro atoms. The minimum atomic E-state index is 0.177. The third-order valence-corrected chi connectivity index (χ3v) is 3.60. The monoisotopic (exact) mass is 253 g/mol. The Kier molecular flexibility index (Phi) is 7.70. The molecule has 1 aliphatic rings. The van der Waals surface area contributed by atoms with Gasteiger partial charge < -0.3 is 4.90 Å². The number of unbranched alkanes of at least 4 members (excludes halogenated alkanes) is 6. The number of amides is 1. The van der Waals surface area contributed by atoms with Crippen LogP contribution in [-0.2, 0) is 9.59 Å². The van der Waals surface area contributed by atoms with Crippen molar-refractivity contribution in [2.45, 2.75) is 71.1 Å². The number of piperidine rings is 1. The van der Waals surface area contributed by atoms with Gasteiger partial charge in [-0.15, -0.1) is 0 Å². The molecule has 1 heterocycles. The number of rotatable bonds is 8. The van der Waals surface area contributed by atoms with Crippen LogP contribution in [-0.4, -0.2) is 29.7 Å². The quantitative estimate of drug-likeness (QED) is 0.622. The van der Waals surface area contributed by atoms with E-state index < -0.39 is 0 Å². The zero-order valence-corrected chi connectivity index (χ0v) is 11.7. The molecule has 0 radical (unpaired) electrons. The maximum absolute atomic E-state index is 11.9. The number of nitrogens with zero attached hydrogens (tertiary/aromatic N) is 1. The zero-order chi connectivity index (χ0) is 13.2. The fourth-order valence-electron chi connectivity index (χ4n) is 2.44. The Balaban J connectivity index is 2.01. The van der Waals surface area contributed by atoms with E-state index in [2.05, 4.69) is 6.92 Å². The average Bonchev–Trinajstić information content (AvgIpc) is 2.37. The van der Waals surface area contributed by atoms with Gasteiger partial charge in [-0.05, 0) is 12.8 Å². The van der Waals surface area contributed by atoms with E-state index in [1.165, 1.54) is 32.1 Å². The van der Waals surface area contributed by atoms with Crippen molar-refractivity contribution in [1.29, 1.82) is 0 Å². The van der Waals surface area contributed by atoms with Crippen molar-refractivity contribution in [1.82, 2.24) is 4.90 Å². The Hall–Kier alpha value is -0.860. The number of ketones is 1. The third-order valence-electron chi connectivity index (χ3n) is 3.60. The topological polar surface area (TPSA) is 37.4 Å². The molecule has 0 aliphatic carbocycles. The van der Waals surface area contributed by atoms with Gasteiger partial charge in [0.25, 0.3) is 0 Å². The second-order valence-electron chi connectivity index (χ2n) is 5.33. The smallest absolute Gasteiger partial charge is 0.222 e. The third kappa shape index (κ3) is 6.18. The molecule has 0 aromatic carbocycles. The summed E-state index contributed by atoms with van der Waals surface area (Å²) in [5.74, 6) is 0.394. The van der Waals surface area contributed by atoms with Gasteiger partial charge in [0.1, 0.15) is 0 Å². The summed E-state index contributed by atoms with van der Waals surface area (Å²) in [6.45, 7) is 3.36. The molecule has 1 rings (SSSR count). The first-order valence-electron chi connectivity index (χ1n) is 7.53. The first-order valence-corrected chi connectivity index (χ1v) is 7.53. The van der Waals surface area contributed by atoms with E-state index in [0.29, 0.717) is 19.4 Å². The Morgan fingerprint density at radius 1 is 1.11 bits per heavy atom. The summed E-state index contributed by atoms with van der Waals surface area (Å²) in [5, 5.41) is 0. The highest BCUT2D eigenvalue weighted by atomic mass is 16.2. The molecular formula is C15H27NO2. The number of likely N-dealkylation sites (tertiary alicyclic amines) is 1. The lowest BCUT2D eigenvalue weighted by atomic mass is 10.1. The van der Waals surface area contributed by atoms with Crippen molar-refractivity contribution < 1.29 is 9.59 Å². The van der Waals surface area contributed by atoms with Crippen molar-refractivity contribution in [3.8, 4) is 0 Å². The molecule has 1 aliphatic heterocycles. The molecule has 1 fully saturated rings. The van der Waals surface area contributed by atoms with Crippen LogP contribution in [0.15, 0.2) is 0 Å². The summed E-state index contributed by atoms with van der Waals surface area (Å²) in [7, 11) is 0. The first-order chi connectivity index (χ1) is 8.74. The molecule has 18 heavy (non-hydrogen) atoms. The summed E-state index contributed by atoms with van der Waals surface area (Å²) in [4.78, 5) is 24.9. The van der Waals surface area contributed by atoms with Crippen LogP contribution in [0.3, 0.4) is 0 Å². The van der Waals surface area contributed by atoms with Crippen LogP contribution < -0.4 is 0 Å². The molecule has 0 unspecified atom stereocenters. The summed E-state index contributed by atoms with van der Waals surface area (Å²) in [6, 6.07) is 0. The van der Waals surface area contributed by atoms with Crippen LogP contribution in [0.1, 0.15) is 71.1 Å². The lowest BCUT2D eigenvalue weighted by Crippen LogP contribution is -2.39. The SMILES string of the molecule is CCCCCCCCCC(=O)N1CCCC(=O)C1. The van der Waals surface area contributed by atoms with Crippen molar-refractivity contribution >= 4 is 11.7 Å². The Labute approximate surface area is 111 Å². The van der Waals surface area contributed by atoms with Gasteiger partial charge in [-0.2, -0.15) is 0 Å². The largest absolute Gasteiger partial charge is 0.335 e. The highest BCUT2D eigenvalue weighted by molar-refractivity contribution is 5.87. The van der Waals surface area contributed by atoms with Gasteiger partial charge in [-0.25, -0.2) is 0 Å². The van der Waals surface area contributed by atoms with E-state index in [1.54, 1.807) is 4.90 Å². The molecule has 0 bridgehead atoms. The van der Waals surface area contributed by atoms with E-state index >= 15 is 0 Å². The van der Waals surface area contributed by atoms with Crippen LogP contribution in [0.5, 0.6) is 0 Å². The second-order valence-corrected chi connectivity index (χ2v) is 5.33. The first kappa shape index (κ1) is 15.2. The Morgan fingerprint density at radius 3 is 2.44 bits per heavy atom. The standard InChI is InChI=1S/C15H27NO2/c1-2-3-4-5-6-7-8-11-15(18)16-12-9-10-14(17)13-16/h2-13H2,1H3. The van der Waals surface area contributed by atoms with Crippen LogP contribution in [0.2, 0.25) is 0 Å². The lowest BCUT2D eigenvalue weighted by molar-refractivity contribution is -0.137. The Morgan fingerprint density at radius 2 is 1.78 bits per heavy atom. The van der Waals surface area contributed by atoms with Gasteiger partial charge in [-0.1, -0.05) is 45.4 Å². The summed E-state index contributed by atoms with van der Waals surface area (Å²) >= 11 is 0. The minimum Gasteiger partial charge on any atom is -0.335 e. The van der Waals surface area contributed by atoms with Crippen LogP contribution in [0.4, 0.5) is 0 Å². The van der Waals surface area contributed by atoms with Crippen LogP contribution in [0.25, 0.3) is 0 Å². The fourth-order valence-corrected chi connectivity index (χ4v) is 2.44. The molecule has 3 heteroatoms. The molecule has 1 amide bonds. The van der Waals surface area contributed by atoms with Crippen LogP contribution >= 0.6 is 0 Å². The lowest BCUT2D eigenvalue weighted by Gasteiger charge is -2.25. The number of carbonyl (C=O) groups excluding carboxylic acids is 2. The fraction of sp³-hybridized carbons (Fsp3) is 0.867. The molecule has 3 nitrogen and oxygen atoms in total. The number of hydrogen-bond acceptors (Lipinski definition) is 2. The number of carbonyl (C=O) groups is 2. The van der Waals surface area contributed by atoms with Crippen molar-refractivity contribution in [2.75, 3.05) is 13.1 Å². The van der Waals surface area contributed by atoms with Crippen molar-refractivity contribution in [3.63, 3.8) is 0 Å². The normalized spacial score (nSPS) is 16.1. The summed E-state index contributed by atoms with van der Waals surface area (Å²) in [6.07, 6.45) is 10.7. The predicted octanol–water partition coefficient (Wildman–Crippen LogP) is 3.32. The average molecular weight is 253 g/mol. The van der Waals surface area contributed by atoms with E-state index in [1.807, 2.05) is 0 Å². The molecule has 0 aromatic rings. The van der Waals surface area contributed by atoms with Crippen molar-refractivity contribution in [2.24, 2.45) is 0 Å². The number of hydrogen-bond donors (Lipinski definition) is 0.